The van der Waals surface area contributed by atoms with Crippen LogP contribution in [0.4, 0.5) is 13.2 Å². The van der Waals surface area contributed by atoms with Crippen LogP contribution in [0.3, 0.4) is 0 Å². The highest BCUT2D eigenvalue weighted by atomic mass is 19.4. The van der Waals surface area contributed by atoms with Crippen LogP contribution in [0.5, 0.6) is 5.75 Å². The van der Waals surface area contributed by atoms with Crippen LogP contribution >= 0.6 is 0 Å². The summed E-state index contributed by atoms with van der Waals surface area (Å²) < 4.78 is 47.3. The molecule has 0 amide bonds. The van der Waals surface area contributed by atoms with Crippen molar-refractivity contribution in [2.45, 2.75) is 19.7 Å². The van der Waals surface area contributed by atoms with Gasteiger partial charge in [0.05, 0.1) is 22.7 Å². The van der Waals surface area contributed by atoms with Crippen molar-refractivity contribution in [1.82, 2.24) is 9.66 Å². The van der Waals surface area contributed by atoms with Gasteiger partial charge in [-0.25, -0.2) is 4.98 Å². The van der Waals surface area contributed by atoms with Crippen molar-refractivity contribution in [2.75, 3.05) is 0 Å². The molecule has 0 atom stereocenters. The quantitative estimate of drug-likeness (QED) is 0.233. The standard InChI is InChI=1S/C30H22F3N3O2/c1-20-13-15-21(16-14-20)19-38-27-12-5-2-7-23(27)18-34-36-28(22-8-6-9-24(17-22)30(31,32)33)35-26-11-4-3-10-25(26)29(36)37/h2-18H,19H2,1H3. The second kappa shape index (κ2) is 10.3. The third-order valence-electron chi connectivity index (χ3n) is 5.95. The molecule has 4 aromatic carbocycles. The van der Waals surface area contributed by atoms with E-state index in [0.717, 1.165) is 27.9 Å². The molecule has 1 heterocycles. The Kier molecular flexibility index (Phi) is 6.79. The average Bonchev–Trinajstić information content (AvgIpc) is 2.92. The molecule has 0 spiro atoms. The van der Waals surface area contributed by atoms with Gasteiger partial charge in [0.25, 0.3) is 5.56 Å². The largest absolute Gasteiger partial charge is 0.488 e. The first-order chi connectivity index (χ1) is 18.3. The lowest BCUT2D eigenvalue weighted by Crippen LogP contribution is -2.20. The van der Waals surface area contributed by atoms with Crippen molar-refractivity contribution in [1.29, 1.82) is 0 Å². The molecular formula is C30H22F3N3O2. The highest BCUT2D eigenvalue weighted by Gasteiger charge is 2.31. The normalized spacial score (nSPS) is 11.8. The van der Waals surface area contributed by atoms with Gasteiger partial charge in [-0.3, -0.25) is 4.79 Å². The summed E-state index contributed by atoms with van der Waals surface area (Å²) in [5.74, 6) is 0.536. The van der Waals surface area contributed by atoms with Gasteiger partial charge < -0.3 is 4.74 Å². The van der Waals surface area contributed by atoms with Crippen LogP contribution in [0.1, 0.15) is 22.3 Å². The van der Waals surface area contributed by atoms with Crippen LogP contribution in [0.15, 0.2) is 107 Å². The van der Waals surface area contributed by atoms with Crippen LogP contribution in [0, 0.1) is 6.92 Å². The van der Waals surface area contributed by atoms with E-state index in [2.05, 4.69) is 10.1 Å². The molecule has 5 nitrogen and oxygen atoms in total. The first kappa shape index (κ1) is 25.0. The Labute approximate surface area is 216 Å². The predicted molar refractivity (Wildman–Crippen MR) is 141 cm³/mol. The zero-order valence-corrected chi connectivity index (χ0v) is 20.3. The van der Waals surface area contributed by atoms with E-state index >= 15 is 0 Å². The second-order valence-electron chi connectivity index (χ2n) is 8.70. The van der Waals surface area contributed by atoms with Crippen molar-refractivity contribution in [2.24, 2.45) is 5.10 Å². The van der Waals surface area contributed by atoms with E-state index in [1.165, 1.54) is 18.3 Å². The lowest BCUT2D eigenvalue weighted by Gasteiger charge is -2.12. The minimum Gasteiger partial charge on any atom is -0.488 e. The van der Waals surface area contributed by atoms with E-state index in [4.69, 9.17) is 4.74 Å². The van der Waals surface area contributed by atoms with Gasteiger partial charge in [0.1, 0.15) is 12.4 Å². The molecule has 0 aliphatic heterocycles. The number of hydrogen-bond donors (Lipinski definition) is 0. The van der Waals surface area contributed by atoms with Crippen molar-refractivity contribution < 1.29 is 17.9 Å². The molecule has 0 aliphatic carbocycles. The Hall–Kier alpha value is -4.72. The van der Waals surface area contributed by atoms with Crippen LogP contribution in [0.2, 0.25) is 0 Å². The number of para-hydroxylation sites is 2. The molecule has 5 rings (SSSR count). The molecule has 0 N–H and O–H groups in total. The molecule has 0 aliphatic rings. The van der Waals surface area contributed by atoms with E-state index < -0.39 is 17.3 Å². The van der Waals surface area contributed by atoms with Gasteiger partial charge >= 0.3 is 6.18 Å². The van der Waals surface area contributed by atoms with Crippen molar-refractivity contribution in [3.8, 4) is 17.1 Å². The van der Waals surface area contributed by atoms with Crippen molar-refractivity contribution in [3.05, 3.63) is 130 Å². The van der Waals surface area contributed by atoms with Crippen LogP contribution < -0.4 is 10.3 Å². The Morgan fingerprint density at radius 3 is 2.45 bits per heavy atom. The van der Waals surface area contributed by atoms with E-state index in [0.29, 0.717) is 28.8 Å². The summed E-state index contributed by atoms with van der Waals surface area (Å²) in [6, 6.07) is 26.5. The number of halogens is 3. The highest BCUT2D eigenvalue weighted by Crippen LogP contribution is 2.32. The smallest absolute Gasteiger partial charge is 0.416 e. The molecule has 0 fully saturated rings. The summed E-state index contributed by atoms with van der Waals surface area (Å²) >= 11 is 0. The van der Waals surface area contributed by atoms with E-state index in [9.17, 15) is 18.0 Å². The number of hydrogen-bond acceptors (Lipinski definition) is 4. The fraction of sp³-hybridized carbons (Fsp3) is 0.100. The molecule has 0 saturated heterocycles. The van der Waals surface area contributed by atoms with E-state index in [1.807, 2.05) is 37.3 Å². The number of fused-ring (bicyclic) bond motifs is 1. The summed E-state index contributed by atoms with van der Waals surface area (Å²) in [7, 11) is 0. The number of rotatable bonds is 6. The maximum Gasteiger partial charge on any atom is 0.416 e. The second-order valence-corrected chi connectivity index (χ2v) is 8.70. The van der Waals surface area contributed by atoms with E-state index in [1.54, 1.807) is 42.5 Å². The third kappa shape index (κ3) is 5.34. The molecule has 190 valence electrons. The fourth-order valence-electron chi connectivity index (χ4n) is 3.94. The van der Waals surface area contributed by atoms with Gasteiger partial charge in [0.2, 0.25) is 0 Å². The zero-order chi connectivity index (χ0) is 26.7. The molecule has 0 unspecified atom stereocenters. The molecule has 0 bridgehead atoms. The van der Waals surface area contributed by atoms with Crippen molar-refractivity contribution in [3.63, 3.8) is 0 Å². The van der Waals surface area contributed by atoms with Gasteiger partial charge in [0, 0.05) is 11.1 Å². The van der Waals surface area contributed by atoms with Crippen LogP contribution in [-0.2, 0) is 12.8 Å². The maximum atomic E-state index is 13.4. The molecule has 8 heteroatoms. The molecular weight excluding hydrogens is 491 g/mol. The Morgan fingerprint density at radius 1 is 0.921 bits per heavy atom. The predicted octanol–water partition coefficient (Wildman–Crippen LogP) is 6.85. The van der Waals surface area contributed by atoms with Gasteiger partial charge in [-0.2, -0.15) is 22.9 Å². The van der Waals surface area contributed by atoms with E-state index in [-0.39, 0.29) is 11.4 Å². The number of ether oxygens (including phenoxy) is 1. The van der Waals surface area contributed by atoms with Gasteiger partial charge in [-0.05, 0) is 48.9 Å². The minimum absolute atomic E-state index is 0.00546. The number of aromatic nitrogens is 2. The zero-order valence-electron chi connectivity index (χ0n) is 20.3. The number of alkyl halides is 3. The Balaban J connectivity index is 1.56. The summed E-state index contributed by atoms with van der Waals surface area (Å²) in [6.45, 7) is 2.34. The van der Waals surface area contributed by atoms with Gasteiger partial charge in [-0.1, -0.05) is 66.2 Å². The Bertz CT molecular complexity index is 1690. The SMILES string of the molecule is Cc1ccc(COc2ccccc2C=Nn2c(-c3cccc(C(F)(F)F)c3)nc3ccccc3c2=O)cc1. The fourth-order valence-corrected chi connectivity index (χ4v) is 3.94. The van der Waals surface area contributed by atoms with Crippen molar-refractivity contribution >= 4 is 17.1 Å². The number of benzene rings is 4. The molecule has 0 saturated carbocycles. The number of nitrogens with zero attached hydrogens (tertiary/aromatic N) is 3. The van der Waals surface area contributed by atoms with Gasteiger partial charge in [0.15, 0.2) is 5.82 Å². The summed E-state index contributed by atoms with van der Waals surface area (Å²) in [4.78, 5) is 17.9. The molecule has 1 aromatic heterocycles. The topological polar surface area (TPSA) is 56.5 Å². The summed E-state index contributed by atoms with van der Waals surface area (Å²) in [5, 5.41) is 4.67. The number of aryl methyl sites for hydroxylation is 1. The average molecular weight is 514 g/mol. The monoisotopic (exact) mass is 513 g/mol. The summed E-state index contributed by atoms with van der Waals surface area (Å²) in [6.07, 6.45) is -3.10. The molecule has 0 radical (unpaired) electrons. The lowest BCUT2D eigenvalue weighted by atomic mass is 10.1. The van der Waals surface area contributed by atoms with Crippen LogP contribution in [-0.4, -0.2) is 15.9 Å². The molecule has 38 heavy (non-hydrogen) atoms. The first-order valence-corrected chi connectivity index (χ1v) is 11.8. The lowest BCUT2D eigenvalue weighted by molar-refractivity contribution is -0.137. The van der Waals surface area contributed by atoms with Crippen LogP contribution in [0.25, 0.3) is 22.3 Å². The highest BCUT2D eigenvalue weighted by molar-refractivity contribution is 5.84. The Morgan fingerprint density at radius 2 is 1.66 bits per heavy atom. The first-order valence-electron chi connectivity index (χ1n) is 11.8. The van der Waals surface area contributed by atoms with Gasteiger partial charge in [-0.15, -0.1) is 0 Å². The minimum atomic E-state index is -4.55. The third-order valence-corrected chi connectivity index (χ3v) is 5.95. The summed E-state index contributed by atoms with van der Waals surface area (Å²) in [5.41, 5.74) is 1.85. The maximum absolute atomic E-state index is 13.4. The molecule has 5 aromatic rings.